The van der Waals surface area contributed by atoms with E-state index in [2.05, 4.69) is 10.2 Å². The van der Waals surface area contributed by atoms with Gasteiger partial charge in [0, 0.05) is 25.3 Å². The van der Waals surface area contributed by atoms with Gasteiger partial charge >= 0.3 is 0 Å². The van der Waals surface area contributed by atoms with E-state index in [1.807, 2.05) is 6.07 Å². The summed E-state index contributed by atoms with van der Waals surface area (Å²) >= 11 is 0. The van der Waals surface area contributed by atoms with Crippen LogP contribution in [0.25, 0.3) is 0 Å². The van der Waals surface area contributed by atoms with Gasteiger partial charge in [0.15, 0.2) is 0 Å². The Morgan fingerprint density at radius 2 is 2.11 bits per heavy atom. The molecule has 1 unspecified atom stereocenters. The van der Waals surface area contributed by atoms with Crippen LogP contribution in [0, 0.1) is 5.82 Å². The van der Waals surface area contributed by atoms with Crippen molar-refractivity contribution in [2.45, 2.75) is 12.3 Å². The molecule has 1 atom stereocenters. The lowest BCUT2D eigenvalue weighted by Gasteiger charge is -2.31. The van der Waals surface area contributed by atoms with Crippen LogP contribution in [0.5, 0.6) is 0 Å². The molecule has 98 valence electrons. The van der Waals surface area contributed by atoms with Crippen molar-refractivity contribution in [3.63, 3.8) is 0 Å². The van der Waals surface area contributed by atoms with E-state index in [-0.39, 0.29) is 5.82 Å². The lowest BCUT2D eigenvalue weighted by molar-refractivity contribution is 0.122. The standard InChI is InChI=1S/C14H19FN2O/c15-12-1-2-14(17-5-7-18-8-6-17)13(9-12)11-3-4-16-10-11/h1-2,9,11,16H,3-8,10H2. The summed E-state index contributed by atoms with van der Waals surface area (Å²) in [4.78, 5) is 2.32. The van der Waals surface area contributed by atoms with Crippen LogP contribution >= 0.6 is 0 Å². The fourth-order valence-electron chi connectivity index (χ4n) is 2.86. The van der Waals surface area contributed by atoms with E-state index in [4.69, 9.17) is 4.74 Å². The number of nitrogens with one attached hydrogen (secondary N) is 1. The van der Waals surface area contributed by atoms with Crippen molar-refractivity contribution in [2.24, 2.45) is 0 Å². The van der Waals surface area contributed by atoms with Gasteiger partial charge in [-0.1, -0.05) is 0 Å². The van der Waals surface area contributed by atoms with E-state index in [0.29, 0.717) is 5.92 Å². The number of nitrogens with zero attached hydrogens (tertiary/aromatic N) is 1. The molecule has 2 fully saturated rings. The highest BCUT2D eigenvalue weighted by Crippen LogP contribution is 2.32. The van der Waals surface area contributed by atoms with Crippen LogP contribution in [0.3, 0.4) is 0 Å². The largest absolute Gasteiger partial charge is 0.378 e. The predicted molar refractivity (Wildman–Crippen MR) is 69.7 cm³/mol. The van der Waals surface area contributed by atoms with Crippen LogP contribution in [0.2, 0.25) is 0 Å². The summed E-state index contributed by atoms with van der Waals surface area (Å²) in [5, 5.41) is 3.35. The van der Waals surface area contributed by atoms with Gasteiger partial charge in [0.2, 0.25) is 0 Å². The summed E-state index contributed by atoms with van der Waals surface area (Å²) in [6, 6.07) is 5.20. The second-order valence-corrected chi connectivity index (χ2v) is 4.99. The van der Waals surface area contributed by atoms with Crippen molar-refractivity contribution in [1.29, 1.82) is 0 Å². The van der Waals surface area contributed by atoms with Crippen LogP contribution in [0.1, 0.15) is 17.9 Å². The van der Waals surface area contributed by atoms with Crippen molar-refractivity contribution < 1.29 is 9.13 Å². The Balaban J connectivity index is 1.91. The monoisotopic (exact) mass is 250 g/mol. The van der Waals surface area contributed by atoms with Gasteiger partial charge in [-0.3, -0.25) is 0 Å². The van der Waals surface area contributed by atoms with Gasteiger partial charge < -0.3 is 15.0 Å². The Morgan fingerprint density at radius 3 is 2.83 bits per heavy atom. The SMILES string of the molecule is Fc1ccc(N2CCOCC2)c(C2CCNC2)c1. The number of hydrogen-bond donors (Lipinski definition) is 1. The minimum Gasteiger partial charge on any atom is -0.378 e. The minimum atomic E-state index is -0.131. The van der Waals surface area contributed by atoms with Crippen molar-refractivity contribution in [2.75, 3.05) is 44.3 Å². The zero-order valence-electron chi connectivity index (χ0n) is 10.5. The minimum absolute atomic E-state index is 0.131. The van der Waals surface area contributed by atoms with Gasteiger partial charge in [0.25, 0.3) is 0 Å². The van der Waals surface area contributed by atoms with Crippen LogP contribution < -0.4 is 10.2 Å². The summed E-state index contributed by atoms with van der Waals surface area (Å²) in [5.41, 5.74) is 2.34. The fourth-order valence-corrected chi connectivity index (χ4v) is 2.86. The Bertz CT molecular complexity index is 412. The molecule has 0 aliphatic carbocycles. The third-order valence-corrected chi connectivity index (χ3v) is 3.84. The number of anilines is 1. The van der Waals surface area contributed by atoms with E-state index in [0.717, 1.165) is 51.4 Å². The highest BCUT2D eigenvalue weighted by atomic mass is 19.1. The molecule has 1 aromatic carbocycles. The molecule has 0 spiro atoms. The van der Waals surface area contributed by atoms with Crippen molar-refractivity contribution in [1.82, 2.24) is 5.32 Å². The van der Waals surface area contributed by atoms with Crippen LogP contribution in [0.4, 0.5) is 10.1 Å². The summed E-state index contributed by atoms with van der Waals surface area (Å²) in [5.74, 6) is 0.312. The first-order chi connectivity index (χ1) is 8.84. The second kappa shape index (κ2) is 5.24. The molecule has 3 nitrogen and oxygen atoms in total. The van der Waals surface area contributed by atoms with Crippen LogP contribution in [-0.2, 0) is 4.74 Å². The predicted octanol–water partition coefficient (Wildman–Crippen LogP) is 1.74. The number of benzene rings is 1. The van der Waals surface area contributed by atoms with Crippen molar-refractivity contribution in [3.8, 4) is 0 Å². The zero-order chi connectivity index (χ0) is 12.4. The first-order valence-corrected chi connectivity index (χ1v) is 6.67. The Kier molecular flexibility index (Phi) is 3.48. The summed E-state index contributed by atoms with van der Waals surface area (Å²) in [6.45, 7) is 5.32. The summed E-state index contributed by atoms with van der Waals surface area (Å²) in [7, 11) is 0. The van der Waals surface area contributed by atoms with E-state index in [9.17, 15) is 4.39 Å². The molecule has 0 saturated carbocycles. The van der Waals surface area contributed by atoms with Crippen molar-refractivity contribution in [3.05, 3.63) is 29.6 Å². The van der Waals surface area contributed by atoms with E-state index < -0.39 is 0 Å². The number of ether oxygens (including phenoxy) is 1. The molecule has 3 rings (SSSR count). The summed E-state index contributed by atoms with van der Waals surface area (Å²) in [6.07, 6.45) is 1.10. The normalized spacial score (nSPS) is 24.5. The number of morpholine rings is 1. The van der Waals surface area contributed by atoms with Crippen molar-refractivity contribution >= 4 is 5.69 Å². The first kappa shape index (κ1) is 11.9. The number of halogens is 1. The molecule has 18 heavy (non-hydrogen) atoms. The van der Waals surface area contributed by atoms with Gasteiger partial charge in [0.1, 0.15) is 5.82 Å². The first-order valence-electron chi connectivity index (χ1n) is 6.67. The molecule has 2 aliphatic rings. The maximum Gasteiger partial charge on any atom is 0.123 e. The van der Waals surface area contributed by atoms with Gasteiger partial charge in [-0.25, -0.2) is 4.39 Å². The van der Waals surface area contributed by atoms with Gasteiger partial charge in [0.05, 0.1) is 13.2 Å². The molecule has 0 amide bonds. The topological polar surface area (TPSA) is 24.5 Å². The highest BCUT2D eigenvalue weighted by molar-refractivity contribution is 5.56. The third-order valence-electron chi connectivity index (χ3n) is 3.84. The maximum atomic E-state index is 13.5. The molecule has 0 bridgehead atoms. The third kappa shape index (κ3) is 2.35. The quantitative estimate of drug-likeness (QED) is 0.865. The maximum absolute atomic E-state index is 13.5. The lowest BCUT2D eigenvalue weighted by atomic mass is 9.95. The molecule has 1 aromatic rings. The number of rotatable bonds is 2. The summed E-state index contributed by atoms with van der Waals surface area (Å²) < 4.78 is 18.9. The van der Waals surface area contributed by atoms with E-state index >= 15 is 0 Å². The van der Waals surface area contributed by atoms with Gasteiger partial charge in [-0.2, -0.15) is 0 Å². The highest BCUT2D eigenvalue weighted by Gasteiger charge is 2.23. The molecule has 2 aliphatic heterocycles. The molecular weight excluding hydrogens is 231 g/mol. The fraction of sp³-hybridized carbons (Fsp3) is 0.571. The molecule has 4 heteroatoms. The lowest BCUT2D eigenvalue weighted by Crippen LogP contribution is -2.37. The molecule has 0 aromatic heterocycles. The second-order valence-electron chi connectivity index (χ2n) is 4.99. The Hall–Kier alpha value is -1.13. The smallest absolute Gasteiger partial charge is 0.123 e. The molecule has 2 saturated heterocycles. The molecule has 0 radical (unpaired) electrons. The van der Waals surface area contributed by atoms with Crippen LogP contribution in [-0.4, -0.2) is 39.4 Å². The average Bonchev–Trinajstić information content (AvgIpc) is 2.93. The molecular formula is C14H19FN2O. The molecule has 1 N–H and O–H groups in total. The van der Waals surface area contributed by atoms with Crippen LogP contribution in [0.15, 0.2) is 18.2 Å². The Labute approximate surface area is 107 Å². The Morgan fingerprint density at radius 1 is 1.28 bits per heavy atom. The molecule has 2 heterocycles. The van der Waals surface area contributed by atoms with E-state index in [1.54, 1.807) is 12.1 Å². The zero-order valence-corrected chi connectivity index (χ0v) is 10.5. The van der Waals surface area contributed by atoms with Gasteiger partial charge in [-0.15, -0.1) is 0 Å². The van der Waals surface area contributed by atoms with Gasteiger partial charge in [-0.05, 0) is 42.6 Å². The number of hydrogen-bond acceptors (Lipinski definition) is 3. The van der Waals surface area contributed by atoms with E-state index in [1.165, 1.54) is 5.69 Å². The average molecular weight is 250 g/mol.